The van der Waals surface area contributed by atoms with Crippen LogP contribution < -0.4 is 5.73 Å². The van der Waals surface area contributed by atoms with Crippen LogP contribution in [0.4, 0.5) is 0 Å². The third-order valence-electron chi connectivity index (χ3n) is 4.22. The lowest BCUT2D eigenvalue weighted by Gasteiger charge is -2.31. The number of likely N-dealkylation sites (tertiary alicyclic amines) is 1. The summed E-state index contributed by atoms with van der Waals surface area (Å²) in [6.07, 6.45) is 3.73. The summed E-state index contributed by atoms with van der Waals surface area (Å²) in [6, 6.07) is 2.23. The smallest absolute Gasteiger partial charge is 0.255 e. The molecular weight excluding hydrogens is 278 g/mol. The van der Waals surface area contributed by atoms with Gasteiger partial charge in [0.15, 0.2) is 5.65 Å². The van der Waals surface area contributed by atoms with Gasteiger partial charge in [-0.05, 0) is 39.7 Å². The van der Waals surface area contributed by atoms with E-state index in [0.29, 0.717) is 12.1 Å². The van der Waals surface area contributed by atoms with Crippen molar-refractivity contribution in [3.05, 3.63) is 23.5 Å². The lowest BCUT2D eigenvalue weighted by molar-refractivity contribution is 0.0708. The first-order valence-electron chi connectivity index (χ1n) is 7.87. The number of aryl methyl sites for hydroxylation is 1. The molecular formula is C16H23N5O. The maximum atomic E-state index is 12.8. The average molecular weight is 301 g/mol. The van der Waals surface area contributed by atoms with Crippen molar-refractivity contribution in [3.63, 3.8) is 0 Å². The third-order valence-corrected chi connectivity index (χ3v) is 4.22. The molecule has 1 aliphatic heterocycles. The second-order valence-electron chi connectivity index (χ2n) is 6.37. The second kappa shape index (κ2) is 5.68. The van der Waals surface area contributed by atoms with Gasteiger partial charge in [-0.2, -0.15) is 5.10 Å². The first kappa shape index (κ1) is 15.0. The molecule has 0 aliphatic carbocycles. The molecule has 0 spiro atoms. The Balaban J connectivity index is 1.97. The van der Waals surface area contributed by atoms with Crippen LogP contribution >= 0.6 is 0 Å². The number of carbonyl (C=O) groups excluding carboxylic acids is 1. The summed E-state index contributed by atoms with van der Waals surface area (Å²) in [5, 5.41) is 5.28. The Morgan fingerprint density at radius 2 is 2.23 bits per heavy atom. The standard InChI is InChI=1S/C16H23N5O/c1-10(2)21-15-12(8-18-21)7-14(11(3)19-15)16(22)20-6-4-5-13(17)9-20/h7-8,10,13H,4-6,9,17H2,1-3H3/t13-/m0/s1. The molecule has 1 saturated heterocycles. The quantitative estimate of drug-likeness (QED) is 0.919. The van der Waals surface area contributed by atoms with E-state index in [1.165, 1.54) is 0 Å². The first-order chi connectivity index (χ1) is 10.5. The van der Waals surface area contributed by atoms with E-state index in [-0.39, 0.29) is 18.0 Å². The Hall–Kier alpha value is -1.95. The van der Waals surface area contributed by atoms with Gasteiger partial charge >= 0.3 is 0 Å². The average Bonchev–Trinajstić information content (AvgIpc) is 2.88. The van der Waals surface area contributed by atoms with E-state index in [1.54, 1.807) is 6.20 Å². The fourth-order valence-corrected chi connectivity index (χ4v) is 3.02. The summed E-state index contributed by atoms with van der Waals surface area (Å²) in [5.41, 5.74) is 8.22. The van der Waals surface area contributed by atoms with Gasteiger partial charge < -0.3 is 10.6 Å². The zero-order valence-corrected chi connectivity index (χ0v) is 13.4. The van der Waals surface area contributed by atoms with Crippen molar-refractivity contribution in [1.82, 2.24) is 19.7 Å². The molecule has 118 valence electrons. The van der Waals surface area contributed by atoms with Gasteiger partial charge in [0.2, 0.25) is 0 Å². The summed E-state index contributed by atoms with van der Waals surface area (Å²) in [7, 11) is 0. The largest absolute Gasteiger partial charge is 0.337 e. The number of rotatable bonds is 2. The lowest BCUT2D eigenvalue weighted by atomic mass is 10.0. The van der Waals surface area contributed by atoms with Crippen LogP contribution in [0, 0.1) is 6.92 Å². The van der Waals surface area contributed by atoms with E-state index in [2.05, 4.69) is 23.9 Å². The van der Waals surface area contributed by atoms with Crippen molar-refractivity contribution in [2.75, 3.05) is 13.1 Å². The normalized spacial score (nSPS) is 19.1. The predicted octanol–water partition coefficient (Wildman–Crippen LogP) is 1.88. The van der Waals surface area contributed by atoms with Crippen LogP contribution in [-0.4, -0.2) is 44.7 Å². The number of hydrogen-bond donors (Lipinski definition) is 1. The SMILES string of the molecule is Cc1nc2c(cnn2C(C)C)cc1C(=O)N1CCC[C@H](N)C1. The highest BCUT2D eigenvalue weighted by molar-refractivity contribution is 5.98. The van der Waals surface area contributed by atoms with Crippen LogP contribution in [0.25, 0.3) is 11.0 Å². The van der Waals surface area contributed by atoms with Crippen molar-refractivity contribution in [2.45, 2.75) is 45.7 Å². The van der Waals surface area contributed by atoms with Crippen molar-refractivity contribution < 1.29 is 4.79 Å². The van der Waals surface area contributed by atoms with Gasteiger partial charge in [0.05, 0.1) is 17.5 Å². The summed E-state index contributed by atoms with van der Waals surface area (Å²) >= 11 is 0. The van der Waals surface area contributed by atoms with E-state index in [1.807, 2.05) is 22.6 Å². The minimum atomic E-state index is 0.0272. The lowest BCUT2D eigenvalue weighted by Crippen LogP contribution is -2.45. The number of nitrogens with two attached hydrogens (primary N) is 1. The number of amides is 1. The summed E-state index contributed by atoms with van der Waals surface area (Å²) in [6.45, 7) is 7.42. The van der Waals surface area contributed by atoms with Crippen LogP contribution in [0.3, 0.4) is 0 Å². The van der Waals surface area contributed by atoms with Crippen molar-refractivity contribution in [1.29, 1.82) is 0 Å². The second-order valence-corrected chi connectivity index (χ2v) is 6.37. The Morgan fingerprint density at radius 1 is 1.45 bits per heavy atom. The minimum absolute atomic E-state index is 0.0272. The Kier molecular flexibility index (Phi) is 3.87. The predicted molar refractivity (Wildman–Crippen MR) is 85.8 cm³/mol. The van der Waals surface area contributed by atoms with Gasteiger partial charge in [-0.15, -0.1) is 0 Å². The zero-order chi connectivity index (χ0) is 15.9. The first-order valence-corrected chi connectivity index (χ1v) is 7.87. The molecule has 0 radical (unpaired) electrons. The van der Waals surface area contributed by atoms with Crippen molar-refractivity contribution in [3.8, 4) is 0 Å². The zero-order valence-electron chi connectivity index (χ0n) is 13.4. The summed E-state index contributed by atoms with van der Waals surface area (Å²) in [4.78, 5) is 19.2. The minimum Gasteiger partial charge on any atom is -0.337 e. The van der Waals surface area contributed by atoms with Crippen LogP contribution in [0.1, 0.15) is 48.8 Å². The number of aromatic nitrogens is 3. The number of carbonyl (C=O) groups is 1. The number of pyridine rings is 1. The van der Waals surface area contributed by atoms with E-state index >= 15 is 0 Å². The highest BCUT2D eigenvalue weighted by Crippen LogP contribution is 2.21. The van der Waals surface area contributed by atoms with Gasteiger partial charge in [-0.1, -0.05) is 0 Å². The molecule has 0 unspecified atom stereocenters. The molecule has 0 saturated carbocycles. The van der Waals surface area contributed by atoms with E-state index < -0.39 is 0 Å². The van der Waals surface area contributed by atoms with E-state index in [9.17, 15) is 4.79 Å². The molecule has 3 heterocycles. The third kappa shape index (κ3) is 2.59. The van der Waals surface area contributed by atoms with Crippen LogP contribution in [0.15, 0.2) is 12.3 Å². The molecule has 3 rings (SSSR count). The van der Waals surface area contributed by atoms with E-state index in [0.717, 1.165) is 36.1 Å². The van der Waals surface area contributed by atoms with E-state index in [4.69, 9.17) is 5.73 Å². The molecule has 22 heavy (non-hydrogen) atoms. The van der Waals surface area contributed by atoms with Gasteiger partial charge in [-0.3, -0.25) is 4.79 Å². The highest BCUT2D eigenvalue weighted by atomic mass is 16.2. The molecule has 1 fully saturated rings. The number of piperidine rings is 1. The molecule has 1 amide bonds. The Morgan fingerprint density at radius 3 is 2.91 bits per heavy atom. The fourth-order valence-electron chi connectivity index (χ4n) is 3.02. The van der Waals surface area contributed by atoms with Crippen molar-refractivity contribution in [2.24, 2.45) is 5.73 Å². The highest BCUT2D eigenvalue weighted by Gasteiger charge is 2.24. The number of fused-ring (bicyclic) bond motifs is 1. The molecule has 6 nitrogen and oxygen atoms in total. The summed E-state index contributed by atoms with van der Waals surface area (Å²) < 4.78 is 1.88. The maximum Gasteiger partial charge on any atom is 0.255 e. The summed E-state index contributed by atoms with van der Waals surface area (Å²) in [5.74, 6) is 0.0272. The van der Waals surface area contributed by atoms with Crippen LogP contribution in [-0.2, 0) is 0 Å². The molecule has 2 N–H and O–H groups in total. The number of nitrogens with zero attached hydrogens (tertiary/aromatic N) is 4. The monoisotopic (exact) mass is 301 g/mol. The Labute approximate surface area is 130 Å². The molecule has 2 aromatic heterocycles. The van der Waals surface area contributed by atoms with Crippen molar-refractivity contribution >= 4 is 16.9 Å². The fraction of sp³-hybridized carbons (Fsp3) is 0.562. The van der Waals surface area contributed by atoms with Crippen LogP contribution in [0.5, 0.6) is 0 Å². The molecule has 1 aliphatic rings. The maximum absolute atomic E-state index is 12.8. The van der Waals surface area contributed by atoms with Gasteiger partial charge in [0, 0.05) is 30.6 Å². The molecule has 2 aromatic rings. The molecule has 6 heteroatoms. The number of hydrogen-bond acceptors (Lipinski definition) is 4. The van der Waals surface area contributed by atoms with Gasteiger partial charge in [0.25, 0.3) is 5.91 Å². The Bertz CT molecular complexity index is 706. The topological polar surface area (TPSA) is 77.0 Å². The molecule has 0 bridgehead atoms. The van der Waals surface area contributed by atoms with Gasteiger partial charge in [-0.25, -0.2) is 9.67 Å². The van der Waals surface area contributed by atoms with Gasteiger partial charge in [0.1, 0.15) is 0 Å². The van der Waals surface area contributed by atoms with Crippen LogP contribution in [0.2, 0.25) is 0 Å². The molecule has 0 aromatic carbocycles. The molecule has 1 atom stereocenters.